The van der Waals surface area contributed by atoms with Gasteiger partial charge in [-0.25, -0.2) is 8.78 Å². The molecule has 9 heteroatoms. The quantitative estimate of drug-likeness (QED) is 0.473. The van der Waals surface area contributed by atoms with Crippen molar-refractivity contribution in [3.63, 3.8) is 0 Å². The van der Waals surface area contributed by atoms with Gasteiger partial charge in [-0.1, -0.05) is 0 Å². The molecule has 1 amide bonds. The molecule has 0 radical (unpaired) electrons. The fourth-order valence-corrected chi connectivity index (χ4v) is 2.84. The summed E-state index contributed by atoms with van der Waals surface area (Å²) in [5.74, 6) is -2.17. The summed E-state index contributed by atoms with van der Waals surface area (Å²) < 4.78 is 31.2. The van der Waals surface area contributed by atoms with Gasteiger partial charge in [0.2, 0.25) is 5.91 Å². The van der Waals surface area contributed by atoms with Crippen LogP contribution in [-0.4, -0.2) is 23.2 Å². The van der Waals surface area contributed by atoms with E-state index in [2.05, 4.69) is 5.32 Å². The molecule has 132 valence electrons. The van der Waals surface area contributed by atoms with E-state index in [1.807, 2.05) is 0 Å². The lowest BCUT2D eigenvalue weighted by molar-refractivity contribution is -0.384. The van der Waals surface area contributed by atoms with Gasteiger partial charge in [0, 0.05) is 17.0 Å². The van der Waals surface area contributed by atoms with Gasteiger partial charge in [0.25, 0.3) is 5.69 Å². The highest BCUT2D eigenvalue weighted by Crippen LogP contribution is 2.31. The van der Waals surface area contributed by atoms with Crippen molar-refractivity contribution in [1.29, 1.82) is 0 Å². The topological polar surface area (TPSA) is 81.5 Å². The Labute approximate surface area is 146 Å². The summed E-state index contributed by atoms with van der Waals surface area (Å²) in [5.41, 5.74) is -0.0450. The first-order valence-corrected chi connectivity index (χ1v) is 7.94. The number of carbonyl (C=O) groups excluding carboxylic acids is 1. The summed E-state index contributed by atoms with van der Waals surface area (Å²) >= 11 is 1.02. The number of halogens is 2. The molecule has 1 atom stereocenters. The van der Waals surface area contributed by atoms with E-state index in [4.69, 9.17) is 4.74 Å². The number of nitro groups is 1. The monoisotopic (exact) mass is 368 g/mol. The largest absolute Gasteiger partial charge is 0.495 e. The summed E-state index contributed by atoms with van der Waals surface area (Å²) in [6, 6.07) is 7.16. The van der Waals surface area contributed by atoms with Crippen molar-refractivity contribution in [3.05, 3.63) is 58.1 Å². The molecule has 1 unspecified atom stereocenters. The lowest BCUT2D eigenvalue weighted by Gasteiger charge is -2.14. The number of carbonyl (C=O) groups is 1. The van der Waals surface area contributed by atoms with Gasteiger partial charge in [0.15, 0.2) is 11.6 Å². The van der Waals surface area contributed by atoms with Crippen LogP contribution in [0.4, 0.5) is 20.2 Å². The van der Waals surface area contributed by atoms with E-state index in [0.29, 0.717) is 4.90 Å². The van der Waals surface area contributed by atoms with Crippen LogP contribution in [0.15, 0.2) is 41.3 Å². The number of rotatable bonds is 6. The predicted octanol–water partition coefficient (Wildman–Crippen LogP) is 4.00. The van der Waals surface area contributed by atoms with Crippen LogP contribution in [-0.2, 0) is 4.79 Å². The average Bonchev–Trinajstić information content (AvgIpc) is 2.57. The summed E-state index contributed by atoms with van der Waals surface area (Å²) in [5, 5.41) is 12.7. The highest BCUT2D eigenvalue weighted by atomic mass is 32.2. The van der Waals surface area contributed by atoms with Gasteiger partial charge in [-0.2, -0.15) is 0 Å². The Morgan fingerprint density at radius 1 is 1.24 bits per heavy atom. The molecule has 2 aromatic carbocycles. The first-order chi connectivity index (χ1) is 11.8. The molecule has 0 saturated carbocycles. The van der Waals surface area contributed by atoms with Crippen LogP contribution >= 0.6 is 11.8 Å². The fourth-order valence-electron chi connectivity index (χ4n) is 1.95. The highest BCUT2D eigenvalue weighted by molar-refractivity contribution is 8.00. The van der Waals surface area contributed by atoms with Crippen LogP contribution in [0.2, 0.25) is 0 Å². The van der Waals surface area contributed by atoms with E-state index < -0.39 is 27.7 Å². The molecular weight excluding hydrogens is 354 g/mol. The second kappa shape index (κ2) is 7.93. The molecule has 0 aliphatic carbocycles. The Bertz CT molecular complexity index is 817. The zero-order chi connectivity index (χ0) is 18.6. The fraction of sp³-hybridized carbons (Fsp3) is 0.188. The van der Waals surface area contributed by atoms with Gasteiger partial charge < -0.3 is 10.1 Å². The minimum atomic E-state index is -1.00. The van der Waals surface area contributed by atoms with Gasteiger partial charge >= 0.3 is 0 Å². The molecular formula is C16H14F2N2O4S. The SMILES string of the molecule is COc1ccc([N+](=O)[O-])cc1NC(=O)C(C)Sc1ccc(F)c(F)c1. The van der Waals surface area contributed by atoms with E-state index in [9.17, 15) is 23.7 Å². The summed E-state index contributed by atoms with van der Waals surface area (Å²) in [7, 11) is 1.37. The maximum Gasteiger partial charge on any atom is 0.271 e. The summed E-state index contributed by atoms with van der Waals surface area (Å²) in [4.78, 5) is 22.9. The van der Waals surface area contributed by atoms with Crippen molar-refractivity contribution < 1.29 is 23.2 Å². The normalized spacial score (nSPS) is 11.7. The van der Waals surface area contributed by atoms with Crippen LogP contribution in [0.25, 0.3) is 0 Å². The van der Waals surface area contributed by atoms with Crippen LogP contribution < -0.4 is 10.1 Å². The number of nitro benzene ring substituents is 1. The highest BCUT2D eigenvalue weighted by Gasteiger charge is 2.19. The molecule has 0 aromatic heterocycles. The van der Waals surface area contributed by atoms with E-state index in [0.717, 1.165) is 23.9 Å². The van der Waals surface area contributed by atoms with Crippen molar-refractivity contribution in [1.82, 2.24) is 0 Å². The number of amides is 1. The first-order valence-electron chi connectivity index (χ1n) is 7.07. The second-order valence-corrected chi connectivity index (χ2v) is 6.38. The van der Waals surface area contributed by atoms with Crippen LogP contribution in [0.3, 0.4) is 0 Å². The van der Waals surface area contributed by atoms with Crippen molar-refractivity contribution in [3.8, 4) is 5.75 Å². The molecule has 2 rings (SSSR count). The number of non-ortho nitro benzene ring substituents is 1. The predicted molar refractivity (Wildman–Crippen MR) is 90.0 cm³/mol. The smallest absolute Gasteiger partial charge is 0.271 e. The molecule has 0 spiro atoms. The number of nitrogens with zero attached hydrogens (tertiary/aromatic N) is 1. The van der Waals surface area contributed by atoms with Crippen molar-refractivity contribution in [2.75, 3.05) is 12.4 Å². The number of hydrogen-bond donors (Lipinski definition) is 1. The van der Waals surface area contributed by atoms with E-state index in [1.54, 1.807) is 6.92 Å². The first kappa shape index (κ1) is 18.7. The van der Waals surface area contributed by atoms with Crippen molar-refractivity contribution in [2.45, 2.75) is 17.1 Å². The number of thioether (sulfide) groups is 1. The van der Waals surface area contributed by atoms with E-state index in [1.165, 1.54) is 31.4 Å². The summed E-state index contributed by atoms with van der Waals surface area (Å²) in [6.45, 7) is 1.57. The molecule has 0 heterocycles. The van der Waals surface area contributed by atoms with E-state index >= 15 is 0 Å². The maximum absolute atomic E-state index is 13.2. The van der Waals surface area contributed by atoms with Crippen LogP contribution in [0, 0.1) is 21.7 Å². The Morgan fingerprint density at radius 3 is 2.56 bits per heavy atom. The molecule has 25 heavy (non-hydrogen) atoms. The average molecular weight is 368 g/mol. The van der Waals surface area contributed by atoms with E-state index in [-0.39, 0.29) is 17.1 Å². The number of methoxy groups -OCH3 is 1. The Hall–Kier alpha value is -2.68. The number of anilines is 1. The standard InChI is InChI=1S/C16H14F2N2O4S/c1-9(25-11-4-5-12(17)13(18)8-11)16(21)19-14-7-10(20(22)23)3-6-15(14)24-2/h3-9H,1-2H3,(H,19,21). The van der Waals surface area contributed by atoms with Gasteiger partial charge in [0.1, 0.15) is 5.75 Å². The number of hydrogen-bond acceptors (Lipinski definition) is 5. The Kier molecular flexibility index (Phi) is 5.92. The van der Waals surface area contributed by atoms with Crippen molar-refractivity contribution in [2.24, 2.45) is 0 Å². The molecule has 0 fully saturated rings. The molecule has 0 bridgehead atoms. The lowest BCUT2D eigenvalue weighted by atomic mass is 10.2. The molecule has 2 aromatic rings. The van der Waals surface area contributed by atoms with Crippen LogP contribution in [0.1, 0.15) is 6.92 Å². The third kappa shape index (κ3) is 4.66. The third-order valence-corrected chi connectivity index (χ3v) is 4.32. The molecule has 0 aliphatic rings. The van der Waals surface area contributed by atoms with Crippen molar-refractivity contribution >= 4 is 29.0 Å². The van der Waals surface area contributed by atoms with Gasteiger partial charge in [-0.15, -0.1) is 11.8 Å². The maximum atomic E-state index is 13.2. The third-order valence-electron chi connectivity index (χ3n) is 3.22. The van der Waals surface area contributed by atoms with Gasteiger partial charge in [-0.3, -0.25) is 14.9 Å². The number of benzene rings is 2. The zero-order valence-electron chi connectivity index (χ0n) is 13.3. The molecule has 6 nitrogen and oxygen atoms in total. The molecule has 0 aliphatic heterocycles. The Morgan fingerprint density at radius 2 is 1.96 bits per heavy atom. The second-order valence-electron chi connectivity index (χ2n) is 4.97. The number of ether oxygens (including phenoxy) is 1. The molecule has 0 saturated heterocycles. The Balaban J connectivity index is 2.13. The number of nitrogens with one attached hydrogen (secondary N) is 1. The zero-order valence-corrected chi connectivity index (χ0v) is 14.1. The van der Waals surface area contributed by atoms with Crippen LogP contribution in [0.5, 0.6) is 5.75 Å². The summed E-state index contributed by atoms with van der Waals surface area (Å²) in [6.07, 6.45) is 0. The molecule has 1 N–H and O–H groups in total. The van der Waals surface area contributed by atoms with Gasteiger partial charge in [-0.05, 0) is 31.2 Å². The minimum absolute atomic E-state index is 0.152. The van der Waals surface area contributed by atoms with Gasteiger partial charge in [0.05, 0.1) is 23.0 Å². The lowest BCUT2D eigenvalue weighted by Crippen LogP contribution is -2.22. The minimum Gasteiger partial charge on any atom is -0.495 e.